The molecule has 0 saturated carbocycles. The molecule has 6 rings (SSSR count). The monoisotopic (exact) mass is 416 g/mol. The van der Waals surface area contributed by atoms with Crippen molar-refractivity contribution in [3.8, 4) is 11.5 Å². The van der Waals surface area contributed by atoms with Crippen LogP contribution in [0.3, 0.4) is 0 Å². The van der Waals surface area contributed by atoms with Crippen molar-refractivity contribution < 1.29 is 8.81 Å². The van der Waals surface area contributed by atoms with Gasteiger partial charge in [0, 0.05) is 31.1 Å². The van der Waals surface area contributed by atoms with E-state index >= 15 is 0 Å². The zero-order valence-corrected chi connectivity index (χ0v) is 16.5. The maximum absolute atomic E-state index is 14.1. The van der Waals surface area contributed by atoms with Gasteiger partial charge in [-0.1, -0.05) is 11.2 Å². The molecule has 154 valence electrons. The fraction of sp³-hybridized carbons (Fsp3) is 0.190. The van der Waals surface area contributed by atoms with Crippen molar-refractivity contribution >= 4 is 11.5 Å². The molecule has 0 aliphatic carbocycles. The Bertz CT molecular complexity index is 1400. The molecular weight excluding hydrogens is 399 g/mol. The van der Waals surface area contributed by atoms with Crippen LogP contribution in [0.5, 0.6) is 0 Å². The second kappa shape index (κ2) is 6.73. The van der Waals surface area contributed by atoms with Gasteiger partial charge in [0.25, 0.3) is 5.89 Å². The van der Waals surface area contributed by atoms with Crippen molar-refractivity contribution in [2.24, 2.45) is 0 Å². The number of H-pyrrole nitrogens is 1. The third-order valence-electron chi connectivity index (χ3n) is 5.59. The Balaban J connectivity index is 1.46. The number of anilines is 1. The zero-order valence-electron chi connectivity index (χ0n) is 16.5. The molecule has 1 atom stereocenters. The first-order valence-corrected chi connectivity index (χ1v) is 9.87. The molecule has 10 heteroatoms. The standard InChI is InChI=1S/C21H17FN8O/c1-12-4-3-8-30-16(12)10-15(28-30)18-17-14(24-11-25-17)6-9-29(18)21-27-26-20(31-21)13-5-2-7-23-19(13)22/h2-5,7-8,10-11,18H,6,9H2,1H3,(H,24,25)/t18-/m0/s1. The van der Waals surface area contributed by atoms with Gasteiger partial charge in [-0.3, -0.25) is 0 Å². The molecule has 0 aromatic carbocycles. The molecule has 1 N–H and O–H groups in total. The summed E-state index contributed by atoms with van der Waals surface area (Å²) in [6.07, 6.45) is 5.71. The van der Waals surface area contributed by atoms with Crippen LogP contribution in [0, 0.1) is 12.9 Å². The van der Waals surface area contributed by atoms with Crippen molar-refractivity contribution in [3.63, 3.8) is 0 Å². The third-order valence-corrected chi connectivity index (χ3v) is 5.59. The van der Waals surface area contributed by atoms with Crippen LogP contribution < -0.4 is 4.90 Å². The fourth-order valence-corrected chi connectivity index (χ4v) is 4.08. The Labute approximate surface area is 175 Å². The highest BCUT2D eigenvalue weighted by Gasteiger charge is 2.36. The molecule has 5 aromatic rings. The first-order chi connectivity index (χ1) is 15.2. The van der Waals surface area contributed by atoms with Gasteiger partial charge in [-0.25, -0.2) is 14.5 Å². The molecule has 9 nitrogen and oxygen atoms in total. The summed E-state index contributed by atoms with van der Waals surface area (Å²) in [6.45, 7) is 2.66. The summed E-state index contributed by atoms with van der Waals surface area (Å²) >= 11 is 0. The number of halogens is 1. The predicted octanol–water partition coefficient (Wildman–Crippen LogP) is 3.10. The molecule has 0 saturated heterocycles. The molecular formula is C21H17FN8O. The van der Waals surface area contributed by atoms with Crippen LogP contribution in [0.1, 0.15) is 28.7 Å². The summed E-state index contributed by atoms with van der Waals surface area (Å²) in [6, 6.07) is 9.21. The van der Waals surface area contributed by atoms with Gasteiger partial charge in [0.15, 0.2) is 0 Å². The van der Waals surface area contributed by atoms with Gasteiger partial charge >= 0.3 is 6.01 Å². The van der Waals surface area contributed by atoms with Crippen molar-refractivity contribution in [1.82, 2.24) is 34.8 Å². The molecule has 1 aliphatic heterocycles. The first kappa shape index (κ1) is 17.8. The lowest BCUT2D eigenvalue weighted by molar-refractivity contribution is 0.499. The Morgan fingerprint density at radius 3 is 3.00 bits per heavy atom. The number of imidazole rings is 1. The minimum atomic E-state index is -0.654. The smallest absolute Gasteiger partial charge is 0.319 e. The Kier molecular flexibility index (Phi) is 3.85. The summed E-state index contributed by atoms with van der Waals surface area (Å²) in [5.74, 6) is -0.573. The van der Waals surface area contributed by atoms with Crippen LogP contribution in [0.2, 0.25) is 0 Å². The van der Waals surface area contributed by atoms with Crippen LogP contribution >= 0.6 is 0 Å². The van der Waals surface area contributed by atoms with E-state index in [0.717, 1.165) is 34.6 Å². The number of aryl methyl sites for hydroxylation is 1. The lowest BCUT2D eigenvalue weighted by Gasteiger charge is -2.32. The minimum Gasteiger partial charge on any atom is -0.403 e. The number of aromatic nitrogens is 7. The third kappa shape index (κ3) is 2.79. The van der Waals surface area contributed by atoms with E-state index in [1.165, 1.54) is 6.20 Å². The molecule has 0 radical (unpaired) electrons. The van der Waals surface area contributed by atoms with Gasteiger partial charge < -0.3 is 14.3 Å². The fourth-order valence-electron chi connectivity index (χ4n) is 4.08. The van der Waals surface area contributed by atoms with Gasteiger partial charge in [-0.2, -0.15) is 9.49 Å². The van der Waals surface area contributed by atoms with E-state index in [2.05, 4.69) is 31.2 Å². The van der Waals surface area contributed by atoms with Gasteiger partial charge in [-0.15, -0.1) is 5.10 Å². The summed E-state index contributed by atoms with van der Waals surface area (Å²) in [4.78, 5) is 13.4. The quantitative estimate of drug-likeness (QED) is 0.451. The average Bonchev–Trinajstić information content (AvgIpc) is 3.52. The number of pyridine rings is 2. The number of hydrogen-bond donors (Lipinski definition) is 1. The van der Waals surface area contributed by atoms with Crippen molar-refractivity contribution in [1.29, 1.82) is 0 Å². The zero-order chi connectivity index (χ0) is 20.9. The van der Waals surface area contributed by atoms with E-state index in [-0.39, 0.29) is 23.5 Å². The lowest BCUT2D eigenvalue weighted by atomic mass is 10.00. The highest BCUT2D eigenvalue weighted by molar-refractivity contribution is 5.57. The Hall–Kier alpha value is -4.08. The maximum atomic E-state index is 14.1. The van der Waals surface area contributed by atoms with Crippen LogP contribution in [0.4, 0.5) is 10.4 Å². The topological polar surface area (TPSA) is 101 Å². The minimum absolute atomic E-state index is 0.0815. The van der Waals surface area contributed by atoms with Crippen molar-refractivity contribution in [3.05, 3.63) is 77.6 Å². The Morgan fingerprint density at radius 2 is 2.13 bits per heavy atom. The number of hydrogen-bond acceptors (Lipinski definition) is 7. The number of nitrogens with zero attached hydrogens (tertiary/aromatic N) is 7. The second-order valence-electron chi connectivity index (χ2n) is 7.43. The summed E-state index contributed by atoms with van der Waals surface area (Å²) in [5.41, 5.74) is 5.03. The second-order valence-corrected chi connectivity index (χ2v) is 7.43. The number of aromatic amines is 1. The van der Waals surface area contributed by atoms with E-state index in [0.29, 0.717) is 6.54 Å². The normalized spacial score (nSPS) is 16.1. The van der Waals surface area contributed by atoms with Crippen LogP contribution in [-0.2, 0) is 6.42 Å². The van der Waals surface area contributed by atoms with Crippen LogP contribution in [0.15, 0.2) is 53.5 Å². The first-order valence-electron chi connectivity index (χ1n) is 9.87. The molecule has 31 heavy (non-hydrogen) atoms. The maximum Gasteiger partial charge on any atom is 0.319 e. The molecule has 0 spiro atoms. The van der Waals surface area contributed by atoms with E-state index in [1.807, 2.05) is 34.7 Å². The summed E-state index contributed by atoms with van der Waals surface area (Å²) in [7, 11) is 0. The highest BCUT2D eigenvalue weighted by atomic mass is 19.1. The average molecular weight is 416 g/mol. The van der Waals surface area contributed by atoms with Crippen LogP contribution in [0.25, 0.3) is 17.0 Å². The highest BCUT2D eigenvalue weighted by Crippen LogP contribution is 2.37. The molecule has 0 fully saturated rings. The SMILES string of the molecule is Cc1cccn2nc([C@H]3c4nc[nH]c4CCN3c3nnc(-c4cccnc4F)o3)cc12. The van der Waals surface area contributed by atoms with Gasteiger partial charge in [-0.05, 0) is 36.8 Å². The summed E-state index contributed by atoms with van der Waals surface area (Å²) in [5, 5.41) is 13.1. The molecule has 0 bridgehead atoms. The van der Waals surface area contributed by atoms with E-state index < -0.39 is 5.95 Å². The van der Waals surface area contributed by atoms with E-state index in [9.17, 15) is 4.39 Å². The van der Waals surface area contributed by atoms with Gasteiger partial charge in [0.05, 0.1) is 28.8 Å². The molecule has 1 aliphatic rings. The van der Waals surface area contributed by atoms with Gasteiger partial charge in [0.1, 0.15) is 6.04 Å². The van der Waals surface area contributed by atoms with Crippen molar-refractivity contribution in [2.45, 2.75) is 19.4 Å². The molecule has 0 unspecified atom stereocenters. The number of rotatable bonds is 3. The number of nitrogens with one attached hydrogen (secondary N) is 1. The van der Waals surface area contributed by atoms with Crippen LogP contribution in [-0.4, -0.2) is 41.3 Å². The predicted molar refractivity (Wildman–Crippen MR) is 109 cm³/mol. The number of fused-ring (bicyclic) bond motifs is 2. The summed E-state index contributed by atoms with van der Waals surface area (Å²) < 4.78 is 21.8. The Morgan fingerprint density at radius 1 is 1.19 bits per heavy atom. The van der Waals surface area contributed by atoms with E-state index in [1.54, 1.807) is 18.5 Å². The molecule has 0 amide bonds. The van der Waals surface area contributed by atoms with E-state index in [4.69, 9.17) is 9.52 Å². The molecule has 5 aromatic heterocycles. The molecule has 6 heterocycles. The van der Waals surface area contributed by atoms with Gasteiger partial charge in [0.2, 0.25) is 5.95 Å². The van der Waals surface area contributed by atoms with Crippen molar-refractivity contribution in [2.75, 3.05) is 11.4 Å². The largest absolute Gasteiger partial charge is 0.403 e. The lowest BCUT2D eigenvalue weighted by Crippen LogP contribution is -2.36.